The lowest BCUT2D eigenvalue weighted by Crippen LogP contribution is -2.02. The summed E-state index contributed by atoms with van der Waals surface area (Å²) in [6.07, 6.45) is 32.7. The van der Waals surface area contributed by atoms with Crippen LogP contribution in [0.2, 0.25) is 0 Å². The number of rotatable bonds is 22. The molecule has 0 aromatic carbocycles. The van der Waals surface area contributed by atoms with E-state index in [9.17, 15) is 0 Å². The smallest absolute Gasteiger partial charge is 0.0219 e. The first-order valence-corrected chi connectivity index (χ1v) is 14.1. The minimum atomic E-state index is 0.596. The molecule has 0 radical (unpaired) electrons. The van der Waals surface area contributed by atoms with Gasteiger partial charge in [-0.15, -0.1) is 0 Å². The highest BCUT2D eigenvalue weighted by Gasteiger charge is 2.13. The molecular formula is C30H55N. The Morgan fingerprint density at radius 1 is 0.710 bits per heavy atom. The molecular weight excluding hydrogens is 374 g/mol. The second-order valence-corrected chi connectivity index (χ2v) is 9.86. The number of aromatic amines is 1. The van der Waals surface area contributed by atoms with Crippen molar-refractivity contribution in [1.29, 1.82) is 0 Å². The minimum Gasteiger partial charge on any atom is -0.364 e. The molecule has 0 fully saturated rings. The van der Waals surface area contributed by atoms with E-state index in [1.54, 1.807) is 5.57 Å². The normalized spacial score (nSPS) is 13.1. The summed E-state index contributed by atoms with van der Waals surface area (Å²) in [7, 11) is 0. The predicted molar refractivity (Wildman–Crippen MR) is 141 cm³/mol. The van der Waals surface area contributed by atoms with Crippen LogP contribution in [0.25, 0.3) is 0 Å². The molecule has 0 aliphatic carbocycles. The Kier molecular flexibility index (Phi) is 18.9. The van der Waals surface area contributed by atoms with Gasteiger partial charge in [-0.3, -0.25) is 0 Å². The molecule has 1 heteroatoms. The molecule has 1 unspecified atom stereocenters. The molecule has 1 N–H and O–H groups in total. The van der Waals surface area contributed by atoms with E-state index >= 15 is 0 Å². The Balaban J connectivity index is 2.09. The van der Waals surface area contributed by atoms with Gasteiger partial charge in [0.1, 0.15) is 0 Å². The minimum absolute atomic E-state index is 0.596. The third kappa shape index (κ3) is 15.5. The monoisotopic (exact) mass is 429 g/mol. The van der Waals surface area contributed by atoms with E-state index < -0.39 is 0 Å². The van der Waals surface area contributed by atoms with Crippen molar-refractivity contribution in [2.24, 2.45) is 0 Å². The van der Waals surface area contributed by atoms with E-state index in [2.05, 4.69) is 50.2 Å². The van der Waals surface area contributed by atoms with E-state index in [4.69, 9.17) is 0 Å². The number of hydrogen-bond donors (Lipinski definition) is 1. The Morgan fingerprint density at radius 3 is 1.68 bits per heavy atom. The molecule has 0 aliphatic rings. The Hall–Kier alpha value is -0.980. The van der Waals surface area contributed by atoms with Crippen LogP contribution in [0, 0.1) is 0 Å². The maximum Gasteiger partial charge on any atom is 0.0219 e. The molecule has 1 atom stereocenters. The third-order valence-electron chi connectivity index (χ3n) is 6.92. The maximum absolute atomic E-state index is 3.48. The number of allylic oxidation sites excluding steroid dienone is 2. The van der Waals surface area contributed by atoms with Crippen molar-refractivity contribution < 1.29 is 0 Å². The number of unbranched alkanes of at least 4 members (excludes halogenated alkanes) is 17. The van der Waals surface area contributed by atoms with Crippen LogP contribution in [-0.2, 0) is 0 Å². The van der Waals surface area contributed by atoms with Crippen molar-refractivity contribution in [3.63, 3.8) is 0 Å². The molecule has 0 spiro atoms. The van der Waals surface area contributed by atoms with Gasteiger partial charge in [0.05, 0.1) is 0 Å². The van der Waals surface area contributed by atoms with Gasteiger partial charge in [0.25, 0.3) is 0 Å². The molecule has 1 heterocycles. The molecule has 0 saturated heterocycles. The zero-order chi connectivity index (χ0) is 22.4. The van der Waals surface area contributed by atoms with Crippen LogP contribution in [0.1, 0.15) is 161 Å². The fourth-order valence-electron chi connectivity index (χ4n) is 4.78. The Labute approximate surface area is 195 Å². The number of hydrogen-bond acceptors (Lipinski definition) is 0. The summed E-state index contributed by atoms with van der Waals surface area (Å²) in [5, 5.41) is 0. The first-order valence-electron chi connectivity index (χ1n) is 14.1. The van der Waals surface area contributed by atoms with Crippen molar-refractivity contribution in [1.82, 2.24) is 4.98 Å². The standard InChI is InChI=1S/C30H55N/c1-4-6-8-10-11-12-13-14-15-16-17-18-20-21-24-28(3)29(30-26-23-27-31-30)25-22-19-9-7-5-2/h23-24,26-27,29,31H,4-22,25H2,1-3H3. The number of H-pyrrole nitrogens is 1. The fourth-order valence-corrected chi connectivity index (χ4v) is 4.78. The van der Waals surface area contributed by atoms with Crippen LogP contribution >= 0.6 is 0 Å². The molecule has 0 saturated carbocycles. The van der Waals surface area contributed by atoms with Gasteiger partial charge >= 0.3 is 0 Å². The Morgan fingerprint density at radius 2 is 1.19 bits per heavy atom. The van der Waals surface area contributed by atoms with Crippen molar-refractivity contribution >= 4 is 0 Å². The average molecular weight is 430 g/mol. The topological polar surface area (TPSA) is 15.8 Å². The summed E-state index contributed by atoms with van der Waals surface area (Å²) in [5.41, 5.74) is 2.99. The number of aromatic nitrogens is 1. The number of nitrogens with one attached hydrogen (secondary N) is 1. The maximum atomic E-state index is 3.48. The average Bonchev–Trinajstić information content (AvgIpc) is 3.31. The fraction of sp³-hybridized carbons (Fsp3) is 0.800. The highest BCUT2D eigenvalue weighted by atomic mass is 14.7. The molecule has 31 heavy (non-hydrogen) atoms. The summed E-state index contributed by atoms with van der Waals surface area (Å²) < 4.78 is 0. The van der Waals surface area contributed by atoms with E-state index in [1.165, 1.54) is 134 Å². The van der Waals surface area contributed by atoms with Crippen LogP contribution in [-0.4, -0.2) is 4.98 Å². The summed E-state index contributed by atoms with van der Waals surface area (Å²) in [4.78, 5) is 3.48. The van der Waals surface area contributed by atoms with Gasteiger partial charge < -0.3 is 4.98 Å². The van der Waals surface area contributed by atoms with Crippen molar-refractivity contribution in [2.45, 2.75) is 155 Å². The summed E-state index contributed by atoms with van der Waals surface area (Å²) in [6.45, 7) is 6.96. The SMILES string of the molecule is CCCCCCCCCCCCCCCC=C(C)C(CCCCCCC)c1ccc[nH]1. The molecule has 0 aliphatic heterocycles. The summed E-state index contributed by atoms with van der Waals surface area (Å²) in [6, 6.07) is 4.43. The lowest BCUT2D eigenvalue weighted by Gasteiger charge is -2.17. The highest BCUT2D eigenvalue weighted by Crippen LogP contribution is 2.29. The van der Waals surface area contributed by atoms with Crippen molar-refractivity contribution in [3.05, 3.63) is 35.7 Å². The summed E-state index contributed by atoms with van der Waals surface area (Å²) in [5.74, 6) is 0.596. The lowest BCUT2D eigenvalue weighted by molar-refractivity contribution is 0.539. The van der Waals surface area contributed by atoms with Crippen LogP contribution in [0.15, 0.2) is 30.0 Å². The molecule has 1 aromatic heterocycles. The zero-order valence-corrected chi connectivity index (χ0v) is 21.5. The quantitative estimate of drug-likeness (QED) is 0.139. The largest absolute Gasteiger partial charge is 0.364 e. The summed E-state index contributed by atoms with van der Waals surface area (Å²) >= 11 is 0. The van der Waals surface area contributed by atoms with E-state index in [0.717, 1.165) is 0 Å². The van der Waals surface area contributed by atoms with Crippen molar-refractivity contribution in [3.8, 4) is 0 Å². The van der Waals surface area contributed by atoms with E-state index in [-0.39, 0.29) is 0 Å². The van der Waals surface area contributed by atoms with Gasteiger partial charge in [-0.25, -0.2) is 0 Å². The first-order chi connectivity index (χ1) is 15.3. The lowest BCUT2D eigenvalue weighted by atomic mass is 9.90. The van der Waals surface area contributed by atoms with Crippen LogP contribution in [0.4, 0.5) is 0 Å². The van der Waals surface area contributed by atoms with Gasteiger partial charge in [0.2, 0.25) is 0 Å². The van der Waals surface area contributed by atoms with Crippen LogP contribution in [0.3, 0.4) is 0 Å². The third-order valence-corrected chi connectivity index (χ3v) is 6.92. The molecule has 180 valence electrons. The van der Waals surface area contributed by atoms with E-state index in [0.29, 0.717) is 5.92 Å². The van der Waals surface area contributed by atoms with Gasteiger partial charge in [-0.05, 0) is 38.3 Å². The van der Waals surface area contributed by atoms with Crippen LogP contribution in [0.5, 0.6) is 0 Å². The zero-order valence-electron chi connectivity index (χ0n) is 21.5. The molecule has 1 nitrogen and oxygen atoms in total. The van der Waals surface area contributed by atoms with Gasteiger partial charge in [0.15, 0.2) is 0 Å². The molecule has 1 aromatic rings. The van der Waals surface area contributed by atoms with Crippen molar-refractivity contribution in [2.75, 3.05) is 0 Å². The highest BCUT2D eigenvalue weighted by molar-refractivity contribution is 5.22. The molecule has 0 amide bonds. The van der Waals surface area contributed by atoms with Gasteiger partial charge in [-0.1, -0.05) is 135 Å². The van der Waals surface area contributed by atoms with Crippen LogP contribution < -0.4 is 0 Å². The molecule has 1 rings (SSSR count). The first kappa shape index (κ1) is 28.1. The second-order valence-electron chi connectivity index (χ2n) is 9.86. The van der Waals surface area contributed by atoms with Gasteiger partial charge in [-0.2, -0.15) is 0 Å². The Bertz CT molecular complexity index is 498. The predicted octanol–water partition coefficient (Wildman–Crippen LogP) is 10.9. The van der Waals surface area contributed by atoms with Gasteiger partial charge in [0, 0.05) is 17.8 Å². The second kappa shape index (κ2) is 20.9. The van der Waals surface area contributed by atoms with E-state index in [1.807, 2.05) is 0 Å². The molecule has 0 bridgehead atoms.